The van der Waals surface area contributed by atoms with Gasteiger partial charge in [-0.25, -0.2) is 0 Å². The molecule has 3 heteroatoms. The van der Waals surface area contributed by atoms with E-state index in [-0.39, 0.29) is 0 Å². The van der Waals surface area contributed by atoms with Crippen LogP contribution in [0.3, 0.4) is 0 Å². The van der Waals surface area contributed by atoms with Crippen LogP contribution in [0.1, 0.15) is 11.1 Å². The molecule has 0 unspecified atom stereocenters. The summed E-state index contributed by atoms with van der Waals surface area (Å²) in [5, 5.41) is 3.41. The van der Waals surface area contributed by atoms with Crippen LogP contribution in [0.4, 0.5) is 17.1 Å². The quantitative estimate of drug-likeness (QED) is 0.805. The maximum Gasteiger partial charge on any atom is 0.0532 e. The number of nitrogens with one attached hydrogen (secondary N) is 1. The molecule has 2 aromatic rings. The monoisotopic (exact) mass is 290 g/mol. The number of benzene rings is 2. The standard InChI is InChI=1S/C14H15BrN2/c1-9-5-3-4-6-13(9)17-14-7-10(2)12(16)8-11(14)15/h3-8,17H,16H2,1-2H3. The van der Waals surface area contributed by atoms with Crippen LogP contribution >= 0.6 is 15.9 Å². The highest BCUT2D eigenvalue weighted by molar-refractivity contribution is 9.10. The van der Waals surface area contributed by atoms with Crippen LogP contribution in [0.25, 0.3) is 0 Å². The molecule has 3 N–H and O–H groups in total. The van der Waals surface area contributed by atoms with Crippen molar-refractivity contribution in [2.24, 2.45) is 0 Å². The van der Waals surface area contributed by atoms with Gasteiger partial charge in [-0.1, -0.05) is 18.2 Å². The zero-order chi connectivity index (χ0) is 12.4. The van der Waals surface area contributed by atoms with Gasteiger partial charge in [0.05, 0.1) is 5.69 Å². The number of hydrogen-bond donors (Lipinski definition) is 2. The van der Waals surface area contributed by atoms with E-state index in [2.05, 4.69) is 40.3 Å². The molecule has 2 aromatic carbocycles. The van der Waals surface area contributed by atoms with Gasteiger partial charge >= 0.3 is 0 Å². The summed E-state index contributed by atoms with van der Waals surface area (Å²) in [5.41, 5.74) is 11.1. The van der Waals surface area contributed by atoms with Crippen molar-refractivity contribution < 1.29 is 0 Å². The van der Waals surface area contributed by atoms with Gasteiger partial charge in [0.15, 0.2) is 0 Å². The highest BCUT2D eigenvalue weighted by Gasteiger charge is 2.05. The second-order valence-electron chi connectivity index (χ2n) is 4.13. The zero-order valence-electron chi connectivity index (χ0n) is 9.92. The van der Waals surface area contributed by atoms with Crippen LogP contribution in [-0.4, -0.2) is 0 Å². The van der Waals surface area contributed by atoms with Crippen molar-refractivity contribution in [1.82, 2.24) is 0 Å². The van der Waals surface area contributed by atoms with Crippen LogP contribution < -0.4 is 11.1 Å². The predicted octanol–water partition coefficient (Wildman–Crippen LogP) is 4.39. The Morgan fingerprint density at radius 1 is 1.00 bits per heavy atom. The van der Waals surface area contributed by atoms with Crippen molar-refractivity contribution in [3.63, 3.8) is 0 Å². The zero-order valence-corrected chi connectivity index (χ0v) is 11.5. The minimum absolute atomic E-state index is 0.798. The molecule has 0 spiro atoms. The van der Waals surface area contributed by atoms with E-state index in [1.54, 1.807) is 0 Å². The summed E-state index contributed by atoms with van der Waals surface area (Å²) in [7, 11) is 0. The van der Waals surface area contributed by atoms with Crippen LogP contribution in [0, 0.1) is 13.8 Å². The Balaban J connectivity index is 2.37. The lowest BCUT2D eigenvalue weighted by atomic mass is 10.1. The van der Waals surface area contributed by atoms with Crippen LogP contribution in [-0.2, 0) is 0 Å². The Bertz CT molecular complexity index is 550. The molecule has 0 atom stereocenters. The molecule has 0 aliphatic heterocycles. The third-order valence-corrected chi connectivity index (χ3v) is 3.43. The van der Waals surface area contributed by atoms with Gasteiger partial charge in [0.2, 0.25) is 0 Å². The van der Waals surface area contributed by atoms with Crippen LogP contribution in [0.5, 0.6) is 0 Å². The number of hydrogen-bond acceptors (Lipinski definition) is 2. The SMILES string of the molecule is Cc1cc(Nc2ccccc2C)c(Br)cc1N. The van der Waals surface area contributed by atoms with E-state index in [9.17, 15) is 0 Å². The number of halogens is 1. The summed E-state index contributed by atoms with van der Waals surface area (Å²) in [4.78, 5) is 0. The molecule has 0 fully saturated rings. The van der Waals surface area contributed by atoms with E-state index in [1.165, 1.54) is 5.56 Å². The minimum Gasteiger partial charge on any atom is -0.398 e. The average Bonchev–Trinajstić information content (AvgIpc) is 2.29. The molecule has 0 bridgehead atoms. The van der Waals surface area contributed by atoms with Crippen molar-refractivity contribution in [1.29, 1.82) is 0 Å². The number of anilines is 3. The molecule has 0 aromatic heterocycles. The number of rotatable bonds is 2. The Hall–Kier alpha value is -1.48. The van der Waals surface area contributed by atoms with Gasteiger partial charge in [-0.05, 0) is 59.1 Å². The smallest absolute Gasteiger partial charge is 0.0532 e. The first-order valence-electron chi connectivity index (χ1n) is 5.46. The van der Waals surface area contributed by atoms with Crippen LogP contribution in [0.2, 0.25) is 0 Å². The molecule has 0 radical (unpaired) electrons. The largest absolute Gasteiger partial charge is 0.398 e. The van der Waals surface area contributed by atoms with Crippen molar-refractivity contribution in [2.75, 3.05) is 11.1 Å². The van der Waals surface area contributed by atoms with E-state index in [4.69, 9.17) is 5.73 Å². The molecular weight excluding hydrogens is 276 g/mol. The van der Waals surface area contributed by atoms with Gasteiger partial charge in [-0.15, -0.1) is 0 Å². The lowest BCUT2D eigenvalue weighted by Crippen LogP contribution is -1.97. The number of nitrogens with two attached hydrogens (primary N) is 1. The lowest BCUT2D eigenvalue weighted by Gasteiger charge is -2.13. The fraction of sp³-hybridized carbons (Fsp3) is 0.143. The number of aryl methyl sites for hydroxylation is 2. The Morgan fingerprint density at radius 2 is 1.71 bits per heavy atom. The lowest BCUT2D eigenvalue weighted by molar-refractivity contribution is 1.40. The molecule has 0 saturated heterocycles. The summed E-state index contributed by atoms with van der Waals surface area (Å²) in [5.74, 6) is 0. The van der Waals surface area contributed by atoms with Gasteiger partial charge < -0.3 is 11.1 Å². The van der Waals surface area contributed by atoms with Crippen molar-refractivity contribution in [3.05, 3.63) is 52.0 Å². The van der Waals surface area contributed by atoms with E-state index >= 15 is 0 Å². The molecule has 0 saturated carbocycles. The van der Waals surface area contributed by atoms with E-state index in [1.807, 2.05) is 31.2 Å². The Labute approximate surface area is 110 Å². The molecular formula is C14H15BrN2. The normalized spacial score (nSPS) is 10.3. The summed E-state index contributed by atoms with van der Waals surface area (Å²) >= 11 is 3.52. The highest BCUT2D eigenvalue weighted by Crippen LogP contribution is 2.31. The van der Waals surface area contributed by atoms with Gasteiger partial charge in [0.1, 0.15) is 0 Å². The Kier molecular flexibility index (Phi) is 3.38. The topological polar surface area (TPSA) is 38.0 Å². The molecule has 0 aliphatic carbocycles. The second-order valence-corrected chi connectivity index (χ2v) is 4.98. The fourth-order valence-electron chi connectivity index (χ4n) is 1.65. The summed E-state index contributed by atoms with van der Waals surface area (Å²) in [6.45, 7) is 4.09. The second kappa shape index (κ2) is 4.80. The summed E-state index contributed by atoms with van der Waals surface area (Å²) in [6, 6.07) is 12.2. The molecule has 17 heavy (non-hydrogen) atoms. The Morgan fingerprint density at radius 3 is 2.41 bits per heavy atom. The first kappa shape index (κ1) is 12.0. The maximum absolute atomic E-state index is 5.86. The maximum atomic E-state index is 5.86. The van der Waals surface area contributed by atoms with Crippen LogP contribution in [0.15, 0.2) is 40.9 Å². The first-order valence-corrected chi connectivity index (χ1v) is 6.25. The average molecular weight is 291 g/mol. The fourth-order valence-corrected chi connectivity index (χ4v) is 2.11. The molecule has 88 valence electrons. The first-order chi connectivity index (χ1) is 8.08. The molecule has 0 aliphatic rings. The van der Waals surface area contributed by atoms with E-state index in [0.717, 1.165) is 27.1 Å². The highest BCUT2D eigenvalue weighted by atomic mass is 79.9. The third-order valence-electron chi connectivity index (χ3n) is 2.77. The van der Waals surface area contributed by atoms with Gasteiger partial charge in [-0.2, -0.15) is 0 Å². The number of para-hydroxylation sites is 1. The van der Waals surface area contributed by atoms with Gasteiger partial charge in [-0.3, -0.25) is 0 Å². The number of nitrogen functional groups attached to an aromatic ring is 1. The molecule has 2 rings (SSSR count). The van der Waals surface area contributed by atoms with Crippen molar-refractivity contribution in [2.45, 2.75) is 13.8 Å². The minimum atomic E-state index is 0.798. The van der Waals surface area contributed by atoms with Crippen molar-refractivity contribution >= 4 is 33.0 Å². The van der Waals surface area contributed by atoms with E-state index < -0.39 is 0 Å². The van der Waals surface area contributed by atoms with Gasteiger partial charge in [0.25, 0.3) is 0 Å². The molecule has 0 amide bonds. The molecule has 2 nitrogen and oxygen atoms in total. The third kappa shape index (κ3) is 2.61. The molecule has 0 heterocycles. The van der Waals surface area contributed by atoms with E-state index in [0.29, 0.717) is 0 Å². The predicted molar refractivity (Wildman–Crippen MR) is 77.8 cm³/mol. The summed E-state index contributed by atoms with van der Waals surface area (Å²) < 4.78 is 0.976. The summed E-state index contributed by atoms with van der Waals surface area (Å²) in [6.07, 6.45) is 0. The van der Waals surface area contributed by atoms with Crippen molar-refractivity contribution in [3.8, 4) is 0 Å². The van der Waals surface area contributed by atoms with Gasteiger partial charge in [0, 0.05) is 15.8 Å².